The molecule has 0 radical (unpaired) electrons. The highest BCUT2D eigenvalue weighted by atomic mass is 35.5. The SMILES string of the molecule is CC(Cc1ccccc1)NC(=O)C(N)CCCCN=C(N)N.Cl. The van der Waals surface area contributed by atoms with Crippen molar-refractivity contribution in [2.24, 2.45) is 22.2 Å². The third-order valence-corrected chi connectivity index (χ3v) is 3.33. The van der Waals surface area contributed by atoms with E-state index in [1.54, 1.807) is 0 Å². The minimum atomic E-state index is -0.488. The van der Waals surface area contributed by atoms with Crippen LogP contribution in [-0.4, -0.2) is 30.5 Å². The van der Waals surface area contributed by atoms with Gasteiger partial charge in [-0.25, -0.2) is 0 Å². The van der Waals surface area contributed by atoms with Crippen LogP contribution in [0.1, 0.15) is 31.7 Å². The zero-order chi connectivity index (χ0) is 16.4. The molecule has 0 heterocycles. The van der Waals surface area contributed by atoms with Gasteiger partial charge in [-0.15, -0.1) is 12.4 Å². The van der Waals surface area contributed by atoms with Crippen molar-refractivity contribution in [1.82, 2.24) is 5.32 Å². The number of unbranched alkanes of at least 4 members (excludes halogenated alkanes) is 1. The molecule has 130 valence electrons. The van der Waals surface area contributed by atoms with Crippen molar-refractivity contribution in [2.75, 3.05) is 6.54 Å². The lowest BCUT2D eigenvalue weighted by atomic mass is 10.1. The van der Waals surface area contributed by atoms with Crippen LogP contribution in [0.4, 0.5) is 0 Å². The minimum Gasteiger partial charge on any atom is -0.370 e. The largest absolute Gasteiger partial charge is 0.370 e. The maximum absolute atomic E-state index is 12.0. The second kappa shape index (κ2) is 11.7. The molecule has 7 N–H and O–H groups in total. The molecule has 0 saturated heterocycles. The molecule has 1 amide bonds. The summed E-state index contributed by atoms with van der Waals surface area (Å²) in [7, 11) is 0. The number of amides is 1. The predicted molar refractivity (Wildman–Crippen MR) is 97.5 cm³/mol. The third kappa shape index (κ3) is 9.76. The fourth-order valence-corrected chi connectivity index (χ4v) is 2.18. The molecule has 7 heteroatoms. The van der Waals surface area contributed by atoms with Crippen LogP contribution in [0.3, 0.4) is 0 Å². The maximum Gasteiger partial charge on any atom is 0.237 e. The fraction of sp³-hybridized carbons (Fsp3) is 0.500. The van der Waals surface area contributed by atoms with E-state index < -0.39 is 6.04 Å². The van der Waals surface area contributed by atoms with Gasteiger partial charge in [0.2, 0.25) is 5.91 Å². The van der Waals surface area contributed by atoms with E-state index in [9.17, 15) is 4.79 Å². The van der Waals surface area contributed by atoms with Crippen LogP contribution >= 0.6 is 12.4 Å². The lowest BCUT2D eigenvalue weighted by molar-refractivity contribution is -0.123. The first-order valence-corrected chi connectivity index (χ1v) is 7.64. The highest BCUT2D eigenvalue weighted by Crippen LogP contribution is 2.04. The normalized spacial score (nSPS) is 12.6. The zero-order valence-corrected chi connectivity index (χ0v) is 14.4. The van der Waals surface area contributed by atoms with Crippen LogP contribution in [0, 0.1) is 0 Å². The molecule has 1 rings (SSSR count). The summed E-state index contributed by atoms with van der Waals surface area (Å²) in [5.74, 6) is -0.0120. The molecule has 2 atom stereocenters. The average Bonchev–Trinajstić information content (AvgIpc) is 2.47. The van der Waals surface area contributed by atoms with Crippen molar-refractivity contribution in [3.8, 4) is 0 Å². The first-order valence-electron chi connectivity index (χ1n) is 7.64. The number of hydrogen-bond acceptors (Lipinski definition) is 3. The number of nitrogens with zero attached hydrogens (tertiary/aromatic N) is 1. The molecule has 0 aliphatic heterocycles. The second-order valence-corrected chi connectivity index (χ2v) is 5.51. The number of nitrogens with one attached hydrogen (secondary N) is 1. The molecule has 0 bridgehead atoms. The molecule has 23 heavy (non-hydrogen) atoms. The van der Waals surface area contributed by atoms with Gasteiger partial charge < -0.3 is 22.5 Å². The number of carbonyl (C=O) groups is 1. The lowest BCUT2D eigenvalue weighted by Crippen LogP contribution is -2.45. The van der Waals surface area contributed by atoms with Gasteiger partial charge in [-0.1, -0.05) is 30.3 Å². The summed E-state index contributed by atoms with van der Waals surface area (Å²) in [6.07, 6.45) is 3.06. The summed E-state index contributed by atoms with van der Waals surface area (Å²) in [6, 6.07) is 9.63. The topological polar surface area (TPSA) is 120 Å². The summed E-state index contributed by atoms with van der Waals surface area (Å²) in [6.45, 7) is 2.55. The number of hydrogen-bond donors (Lipinski definition) is 4. The molecular weight excluding hydrogens is 314 g/mol. The van der Waals surface area contributed by atoms with Crippen LogP contribution in [0.15, 0.2) is 35.3 Å². The average molecular weight is 342 g/mol. The van der Waals surface area contributed by atoms with Gasteiger partial charge in [0.05, 0.1) is 6.04 Å². The van der Waals surface area contributed by atoms with Gasteiger partial charge in [0.15, 0.2) is 5.96 Å². The quantitative estimate of drug-likeness (QED) is 0.303. The zero-order valence-electron chi connectivity index (χ0n) is 13.6. The van der Waals surface area contributed by atoms with Crippen LogP contribution < -0.4 is 22.5 Å². The number of aliphatic imine (C=N–C) groups is 1. The van der Waals surface area contributed by atoms with Gasteiger partial charge in [-0.05, 0) is 38.2 Å². The van der Waals surface area contributed by atoms with E-state index in [0.29, 0.717) is 13.0 Å². The number of benzene rings is 1. The standard InChI is InChI=1S/C16H27N5O.ClH/c1-12(11-13-7-3-2-4-8-13)21-15(22)14(17)9-5-6-10-20-16(18)19;/h2-4,7-8,12,14H,5-6,9-11,17H2,1H3,(H,21,22)(H4,18,19,20);1H. The number of carbonyl (C=O) groups excluding carboxylic acids is 1. The van der Waals surface area contributed by atoms with E-state index in [2.05, 4.69) is 10.3 Å². The Labute approximate surface area is 144 Å². The Kier molecular flexibility index (Phi) is 10.8. The third-order valence-electron chi connectivity index (χ3n) is 3.33. The van der Waals surface area contributed by atoms with E-state index in [-0.39, 0.29) is 30.3 Å². The summed E-state index contributed by atoms with van der Waals surface area (Å²) in [4.78, 5) is 15.9. The summed E-state index contributed by atoms with van der Waals surface area (Å²) >= 11 is 0. The molecule has 2 unspecified atom stereocenters. The maximum atomic E-state index is 12.0. The fourth-order valence-electron chi connectivity index (χ4n) is 2.18. The van der Waals surface area contributed by atoms with Crippen LogP contribution in [0.5, 0.6) is 0 Å². The van der Waals surface area contributed by atoms with Gasteiger partial charge in [0.25, 0.3) is 0 Å². The van der Waals surface area contributed by atoms with E-state index in [1.807, 2.05) is 37.3 Å². The van der Waals surface area contributed by atoms with Crippen molar-refractivity contribution in [3.05, 3.63) is 35.9 Å². The second-order valence-electron chi connectivity index (χ2n) is 5.51. The number of rotatable bonds is 9. The van der Waals surface area contributed by atoms with Crippen molar-refractivity contribution >= 4 is 24.3 Å². The van der Waals surface area contributed by atoms with Gasteiger partial charge >= 0.3 is 0 Å². The Morgan fingerprint density at radius 3 is 2.48 bits per heavy atom. The molecule has 0 aliphatic rings. The molecule has 1 aromatic carbocycles. The molecule has 0 fully saturated rings. The molecule has 0 aromatic heterocycles. The molecule has 1 aromatic rings. The first-order chi connectivity index (χ1) is 10.5. The Bertz CT molecular complexity index is 477. The van der Waals surface area contributed by atoms with Crippen molar-refractivity contribution < 1.29 is 4.79 Å². The van der Waals surface area contributed by atoms with E-state index in [0.717, 1.165) is 19.3 Å². The number of guanidine groups is 1. The van der Waals surface area contributed by atoms with Crippen LogP contribution in [0.2, 0.25) is 0 Å². The molecule has 0 saturated carbocycles. The minimum absolute atomic E-state index is 0. The van der Waals surface area contributed by atoms with Gasteiger partial charge in [0, 0.05) is 12.6 Å². The van der Waals surface area contributed by atoms with Crippen LogP contribution in [0.25, 0.3) is 0 Å². The summed E-state index contributed by atoms with van der Waals surface area (Å²) in [5.41, 5.74) is 17.6. The Morgan fingerprint density at radius 2 is 1.87 bits per heavy atom. The Morgan fingerprint density at radius 1 is 1.22 bits per heavy atom. The Hall–Kier alpha value is -1.79. The number of nitrogens with two attached hydrogens (primary N) is 3. The van der Waals surface area contributed by atoms with Crippen molar-refractivity contribution in [2.45, 2.75) is 44.7 Å². The highest BCUT2D eigenvalue weighted by Gasteiger charge is 2.15. The van der Waals surface area contributed by atoms with Crippen LogP contribution in [-0.2, 0) is 11.2 Å². The van der Waals surface area contributed by atoms with Crippen molar-refractivity contribution in [3.63, 3.8) is 0 Å². The van der Waals surface area contributed by atoms with E-state index in [1.165, 1.54) is 5.56 Å². The van der Waals surface area contributed by atoms with Gasteiger partial charge in [-0.3, -0.25) is 9.79 Å². The van der Waals surface area contributed by atoms with Gasteiger partial charge in [-0.2, -0.15) is 0 Å². The monoisotopic (exact) mass is 341 g/mol. The summed E-state index contributed by atoms with van der Waals surface area (Å²) < 4.78 is 0. The van der Waals surface area contributed by atoms with Gasteiger partial charge in [0.1, 0.15) is 0 Å². The molecular formula is C16H28ClN5O. The Balaban J connectivity index is 0.00000484. The van der Waals surface area contributed by atoms with Crippen molar-refractivity contribution in [1.29, 1.82) is 0 Å². The first kappa shape index (κ1) is 21.2. The van der Waals surface area contributed by atoms with E-state index in [4.69, 9.17) is 17.2 Å². The smallest absolute Gasteiger partial charge is 0.237 e. The molecule has 6 nitrogen and oxygen atoms in total. The molecule has 0 spiro atoms. The number of halogens is 1. The lowest BCUT2D eigenvalue weighted by Gasteiger charge is -2.17. The predicted octanol–water partition coefficient (Wildman–Crippen LogP) is 0.927. The highest BCUT2D eigenvalue weighted by molar-refractivity contribution is 5.85. The summed E-state index contributed by atoms with van der Waals surface area (Å²) in [5, 5.41) is 2.96. The molecule has 0 aliphatic carbocycles. The van der Waals surface area contributed by atoms with E-state index >= 15 is 0 Å².